The van der Waals surface area contributed by atoms with Crippen molar-refractivity contribution in [2.24, 2.45) is 11.3 Å². The predicted molar refractivity (Wildman–Crippen MR) is 66.6 cm³/mol. The monoisotopic (exact) mass is 222 g/mol. The molecule has 1 N–H and O–H groups in total. The molecule has 0 aliphatic carbocycles. The van der Waals surface area contributed by atoms with E-state index in [0.717, 1.165) is 5.75 Å². The van der Waals surface area contributed by atoms with Gasteiger partial charge in [0.05, 0.1) is 6.10 Å². The van der Waals surface area contributed by atoms with Crippen molar-refractivity contribution in [3.8, 4) is 5.75 Å². The maximum atomic E-state index is 10.1. The molecule has 2 nitrogen and oxygen atoms in total. The number of benzene rings is 1. The first-order valence-corrected chi connectivity index (χ1v) is 5.80. The maximum absolute atomic E-state index is 10.1. The first-order chi connectivity index (χ1) is 7.44. The Morgan fingerprint density at radius 3 is 2.25 bits per heavy atom. The molecular formula is C14H22O2. The summed E-state index contributed by atoms with van der Waals surface area (Å²) in [5.41, 5.74) is -0.130. The third-order valence-electron chi connectivity index (χ3n) is 3.50. The fourth-order valence-corrected chi connectivity index (χ4v) is 1.29. The molecule has 0 bridgehead atoms. The zero-order chi connectivity index (χ0) is 12.2. The van der Waals surface area contributed by atoms with Gasteiger partial charge < -0.3 is 9.84 Å². The summed E-state index contributed by atoms with van der Waals surface area (Å²) in [6, 6.07) is 9.59. The number of para-hydroxylation sites is 1. The maximum Gasteiger partial charge on any atom is 0.119 e. The van der Waals surface area contributed by atoms with Crippen molar-refractivity contribution in [2.75, 3.05) is 6.61 Å². The number of aliphatic hydroxyl groups is 1. The lowest BCUT2D eigenvalue weighted by Gasteiger charge is -2.34. The molecule has 1 rings (SSSR count). The molecule has 1 aromatic carbocycles. The number of rotatable bonds is 5. The minimum absolute atomic E-state index is 0.130. The summed E-state index contributed by atoms with van der Waals surface area (Å²) in [6.45, 7) is 8.71. The Balaban J connectivity index is 2.50. The van der Waals surface area contributed by atoms with Crippen LogP contribution in [0.2, 0.25) is 0 Å². The molecule has 0 fully saturated rings. The van der Waals surface area contributed by atoms with Crippen molar-refractivity contribution in [1.29, 1.82) is 0 Å². The summed E-state index contributed by atoms with van der Waals surface area (Å²) in [6.07, 6.45) is -0.451. The second-order valence-electron chi connectivity index (χ2n) is 5.12. The molecule has 0 aromatic heterocycles. The Morgan fingerprint density at radius 2 is 1.75 bits per heavy atom. The van der Waals surface area contributed by atoms with E-state index in [-0.39, 0.29) is 5.41 Å². The van der Waals surface area contributed by atoms with E-state index in [0.29, 0.717) is 12.5 Å². The predicted octanol–water partition coefficient (Wildman–Crippen LogP) is 3.11. The highest BCUT2D eigenvalue weighted by molar-refractivity contribution is 5.20. The van der Waals surface area contributed by atoms with Gasteiger partial charge in [-0.2, -0.15) is 0 Å². The standard InChI is InChI=1S/C14H22O2/c1-11(2)14(3,4)13(15)10-16-12-8-6-5-7-9-12/h5-9,11,13,15H,10H2,1-4H3. The highest BCUT2D eigenvalue weighted by atomic mass is 16.5. The molecule has 1 atom stereocenters. The van der Waals surface area contributed by atoms with Crippen molar-refractivity contribution in [1.82, 2.24) is 0 Å². The van der Waals surface area contributed by atoms with Crippen LogP contribution in [-0.2, 0) is 0 Å². The van der Waals surface area contributed by atoms with E-state index in [4.69, 9.17) is 4.74 Å². The zero-order valence-electron chi connectivity index (χ0n) is 10.6. The van der Waals surface area contributed by atoms with Crippen molar-refractivity contribution >= 4 is 0 Å². The molecule has 0 amide bonds. The van der Waals surface area contributed by atoms with Gasteiger partial charge >= 0.3 is 0 Å². The Kier molecular flexibility index (Phi) is 4.36. The zero-order valence-corrected chi connectivity index (χ0v) is 10.6. The van der Waals surface area contributed by atoms with Gasteiger partial charge in [0, 0.05) is 0 Å². The SMILES string of the molecule is CC(C)C(C)(C)C(O)COc1ccccc1. The van der Waals surface area contributed by atoms with Gasteiger partial charge in [-0.15, -0.1) is 0 Å². The van der Waals surface area contributed by atoms with Crippen LogP contribution < -0.4 is 4.74 Å². The lowest BCUT2D eigenvalue weighted by atomic mass is 9.76. The number of ether oxygens (including phenoxy) is 1. The molecule has 16 heavy (non-hydrogen) atoms. The van der Waals surface area contributed by atoms with Crippen LogP contribution in [0.3, 0.4) is 0 Å². The smallest absolute Gasteiger partial charge is 0.119 e. The molecular weight excluding hydrogens is 200 g/mol. The molecule has 0 saturated heterocycles. The summed E-state index contributed by atoms with van der Waals surface area (Å²) >= 11 is 0. The van der Waals surface area contributed by atoms with Crippen molar-refractivity contribution < 1.29 is 9.84 Å². The average molecular weight is 222 g/mol. The summed E-state index contributed by atoms with van der Waals surface area (Å²) < 4.78 is 5.55. The minimum atomic E-state index is -0.451. The quantitative estimate of drug-likeness (QED) is 0.829. The van der Waals surface area contributed by atoms with Crippen LogP contribution in [0.5, 0.6) is 5.75 Å². The van der Waals surface area contributed by atoms with Crippen molar-refractivity contribution in [3.63, 3.8) is 0 Å². The molecule has 1 aromatic rings. The molecule has 0 saturated carbocycles. The third kappa shape index (κ3) is 3.24. The van der Waals surface area contributed by atoms with Gasteiger partial charge in [-0.1, -0.05) is 45.9 Å². The van der Waals surface area contributed by atoms with E-state index >= 15 is 0 Å². The summed E-state index contributed by atoms with van der Waals surface area (Å²) in [5.74, 6) is 1.22. The van der Waals surface area contributed by atoms with Crippen LogP contribution in [0, 0.1) is 11.3 Å². The van der Waals surface area contributed by atoms with E-state index in [9.17, 15) is 5.11 Å². The van der Waals surface area contributed by atoms with Crippen LogP contribution in [0.15, 0.2) is 30.3 Å². The number of aliphatic hydroxyl groups excluding tert-OH is 1. The molecule has 0 spiro atoms. The van der Waals surface area contributed by atoms with Crippen LogP contribution in [0.4, 0.5) is 0 Å². The van der Waals surface area contributed by atoms with Gasteiger partial charge in [0.1, 0.15) is 12.4 Å². The van der Waals surface area contributed by atoms with E-state index in [2.05, 4.69) is 27.7 Å². The van der Waals surface area contributed by atoms with Gasteiger partial charge in [0.2, 0.25) is 0 Å². The van der Waals surface area contributed by atoms with E-state index < -0.39 is 6.10 Å². The summed E-state index contributed by atoms with van der Waals surface area (Å²) in [7, 11) is 0. The average Bonchev–Trinajstić information content (AvgIpc) is 2.27. The lowest BCUT2D eigenvalue weighted by Crippen LogP contribution is -2.38. The number of hydrogen-bond donors (Lipinski definition) is 1. The van der Waals surface area contributed by atoms with Gasteiger partial charge in [-0.3, -0.25) is 0 Å². The fourth-order valence-electron chi connectivity index (χ4n) is 1.29. The highest BCUT2D eigenvalue weighted by Crippen LogP contribution is 2.30. The van der Waals surface area contributed by atoms with Crippen LogP contribution >= 0.6 is 0 Å². The molecule has 90 valence electrons. The molecule has 1 unspecified atom stereocenters. The minimum Gasteiger partial charge on any atom is -0.491 e. The van der Waals surface area contributed by atoms with E-state index in [1.54, 1.807) is 0 Å². The van der Waals surface area contributed by atoms with Crippen molar-refractivity contribution in [3.05, 3.63) is 30.3 Å². The van der Waals surface area contributed by atoms with Gasteiger partial charge in [-0.25, -0.2) is 0 Å². The van der Waals surface area contributed by atoms with E-state index in [1.807, 2.05) is 30.3 Å². The largest absolute Gasteiger partial charge is 0.491 e. The Hall–Kier alpha value is -1.02. The molecule has 0 heterocycles. The summed E-state index contributed by atoms with van der Waals surface area (Å²) in [5, 5.41) is 10.1. The Bertz CT molecular complexity index is 304. The van der Waals surface area contributed by atoms with Gasteiger partial charge in [0.15, 0.2) is 0 Å². The van der Waals surface area contributed by atoms with Crippen molar-refractivity contribution in [2.45, 2.75) is 33.8 Å². The second-order valence-corrected chi connectivity index (χ2v) is 5.12. The topological polar surface area (TPSA) is 29.5 Å². The van der Waals surface area contributed by atoms with Gasteiger partial charge in [-0.05, 0) is 23.5 Å². The van der Waals surface area contributed by atoms with E-state index in [1.165, 1.54) is 0 Å². The molecule has 0 radical (unpaired) electrons. The van der Waals surface area contributed by atoms with Crippen LogP contribution in [-0.4, -0.2) is 17.8 Å². The van der Waals surface area contributed by atoms with Gasteiger partial charge in [0.25, 0.3) is 0 Å². The highest BCUT2D eigenvalue weighted by Gasteiger charge is 2.31. The fraction of sp³-hybridized carbons (Fsp3) is 0.571. The van der Waals surface area contributed by atoms with Crippen LogP contribution in [0.1, 0.15) is 27.7 Å². The molecule has 2 heteroatoms. The Morgan fingerprint density at radius 1 is 1.19 bits per heavy atom. The second kappa shape index (κ2) is 5.35. The first kappa shape index (κ1) is 13.0. The number of hydrogen-bond acceptors (Lipinski definition) is 2. The van der Waals surface area contributed by atoms with Crippen LogP contribution in [0.25, 0.3) is 0 Å². The normalized spacial score (nSPS) is 13.9. The third-order valence-corrected chi connectivity index (χ3v) is 3.50. The Labute approximate surface area is 98.3 Å². The lowest BCUT2D eigenvalue weighted by molar-refractivity contribution is -0.0140. The summed E-state index contributed by atoms with van der Waals surface area (Å²) in [4.78, 5) is 0. The molecule has 0 aliphatic heterocycles. The molecule has 0 aliphatic rings. The first-order valence-electron chi connectivity index (χ1n) is 5.80.